The zero-order chi connectivity index (χ0) is 41.0. The highest BCUT2D eigenvalue weighted by atomic mass is 35.5. The number of carbonyl (C=O) groups is 3. The number of pyridine rings is 1. The van der Waals surface area contributed by atoms with Crippen LogP contribution < -0.4 is 0 Å². The highest BCUT2D eigenvalue weighted by molar-refractivity contribution is 6.17. The van der Waals surface area contributed by atoms with Crippen molar-refractivity contribution in [3.05, 3.63) is 30.1 Å². The number of ether oxygens (including phenoxy) is 3. The summed E-state index contributed by atoms with van der Waals surface area (Å²) < 4.78 is 14.6. The van der Waals surface area contributed by atoms with Crippen LogP contribution in [0.2, 0.25) is 0 Å². The van der Waals surface area contributed by atoms with Crippen molar-refractivity contribution in [2.45, 2.75) is 134 Å². The maximum atomic E-state index is 10.0. The number of carboxylic acid groups (broad SMARTS) is 1. The van der Waals surface area contributed by atoms with E-state index >= 15 is 0 Å². The summed E-state index contributed by atoms with van der Waals surface area (Å²) in [5.41, 5.74) is 1.35. The van der Waals surface area contributed by atoms with Gasteiger partial charge in [0, 0.05) is 65.5 Å². The summed E-state index contributed by atoms with van der Waals surface area (Å²) in [6.45, 7) is 25.8. The summed E-state index contributed by atoms with van der Waals surface area (Å²) in [5.74, 6) is 0.178. The molecule has 1 aromatic heterocycles. The summed E-state index contributed by atoms with van der Waals surface area (Å²) in [7, 11) is 5.79. The molecule has 0 saturated carbocycles. The van der Waals surface area contributed by atoms with Gasteiger partial charge in [-0.3, -0.25) is 9.78 Å². The van der Waals surface area contributed by atoms with Gasteiger partial charge < -0.3 is 38.9 Å². The number of hydrogen-bond acceptors (Lipinski definition) is 10. The lowest BCUT2D eigenvalue weighted by molar-refractivity contribution is -0.134. The largest absolute Gasteiger partial charge is 0.481 e. The number of methoxy groups -OCH3 is 1. The second kappa shape index (κ2) is 68.5. The van der Waals surface area contributed by atoms with Crippen LogP contribution in [0.5, 0.6) is 0 Å². The standard InChI is InChI=1S/C7H9N.C6H12O.C5H10O.C4H11N.C3H6O.C3H8O.C2H5Cl.C2H3N.C2H4O2.C2H6O.C2H4O/c1-2-7-3-5-8-6-4-7;1-2-6-4-3-5-7-6;1-3-4-5(2)6;1-4-5(2)3;1-3-2-4-3;1-3-4-2;2*1-2-3;1-2(3)4;2*1-2-3/h3-6H,2H2,1H3;6H,2-5H2,1H3;3-4H2,1-2H3;4H2,1-3H3;3H,2H2,1H3;3H2,1-2H3;2H2,1H3;1H3;1H3,(H,3,4);3H,2H2,1H3;2H,1H3. The number of aliphatic hydroxyl groups excluding tert-OH is 1. The molecule has 1 aromatic rings. The van der Waals surface area contributed by atoms with Crippen LogP contribution in [0, 0.1) is 11.3 Å². The Morgan fingerprint density at radius 1 is 1.10 bits per heavy atom. The summed E-state index contributed by atoms with van der Waals surface area (Å²) >= 11 is 5.00. The maximum absolute atomic E-state index is 10.0. The molecule has 3 heterocycles. The van der Waals surface area contributed by atoms with E-state index in [1.165, 1.54) is 38.7 Å². The zero-order valence-electron chi connectivity index (χ0n) is 34.6. The molecular weight excluding hydrogens is 662 g/mol. The van der Waals surface area contributed by atoms with E-state index in [1.54, 1.807) is 27.0 Å². The van der Waals surface area contributed by atoms with Gasteiger partial charge in [0.1, 0.15) is 12.1 Å². The van der Waals surface area contributed by atoms with Crippen molar-refractivity contribution in [3.63, 3.8) is 0 Å². The fourth-order valence-corrected chi connectivity index (χ4v) is 2.03. The number of Topliss-reactive ketones (excluding diaryl/α,β-unsaturated/α-hetero) is 1. The Kier molecular flexibility index (Phi) is 90.2. The minimum Gasteiger partial charge on any atom is -0.481 e. The van der Waals surface area contributed by atoms with Crippen LogP contribution in [-0.2, 0) is 35.0 Å². The number of nitriles is 1. The van der Waals surface area contributed by atoms with E-state index in [-0.39, 0.29) is 12.4 Å². The molecule has 0 aromatic carbocycles. The van der Waals surface area contributed by atoms with Gasteiger partial charge >= 0.3 is 0 Å². The SMILES string of the molecule is CC#N.CC(=O)O.CC1CO1.CC=O.CCC1CCCO1.CCCC(C)=O.CCCl.CCN(C)C.CCO.CCOC.CCc1ccncc1. The smallest absolute Gasteiger partial charge is 0.300 e. The number of aliphatic carboxylic acids is 1. The first-order valence-corrected chi connectivity index (χ1v) is 18.0. The van der Waals surface area contributed by atoms with Crippen molar-refractivity contribution in [3.8, 4) is 6.07 Å². The number of nitrogens with zero attached hydrogens (tertiary/aromatic N) is 3. The van der Waals surface area contributed by atoms with E-state index in [0.29, 0.717) is 12.2 Å². The predicted octanol–water partition coefficient (Wildman–Crippen LogP) is 8.29. The van der Waals surface area contributed by atoms with Gasteiger partial charge in [-0.25, -0.2) is 0 Å². The molecule has 0 bridgehead atoms. The number of aryl methyl sites for hydroxylation is 1. The van der Waals surface area contributed by atoms with Gasteiger partial charge in [0.25, 0.3) is 5.97 Å². The zero-order valence-corrected chi connectivity index (χ0v) is 35.3. The number of carbonyl (C=O) groups excluding carboxylic acids is 2. The highest BCUT2D eigenvalue weighted by Gasteiger charge is 2.13. The minimum absolute atomic E-state index is 0.250. The average Bonchev–Trinajstić information content (AvgIpc) is 3.66. The second-order valence-corrected chi connectivity index (χ2v) is 10.4. The normalized spacial score (nSPS) is 13.2. The van der Waals surface area contributed by atoms with Crippen LogP contribution in [0.3, 0.4) is 0 Å². The van der Waals surface area contributed by atoms with Crippen molar-refractivity contribution >= 4 is 29.6 Å². The summed E-state index contributed by atoms with van der Waals surface area (Å²) in [6, 6.07) is 5.81. The number of hydrogen-bond donors (Lipinski definition) is 2. The molecular formula is C38H78ClN3O8. The topological polar surface area (TPSA) is 163 Å². The molecule has 2 N–H and O–H groups in total. The van der Waals surface area contributed by atoms with Gasteiger partial charge in [-0.15, -0.1) is 11.6 Å². The predicted molar refractivity (Wildman–Crippen MR) is 211 cm³/mol. The summed E-state index contributed by atoms with van der Waals surface area (Å²) in [6.07, 6.45) is 12.1. The Labute approximate surface area is 313 Å². The van der Waals surface area contributed by atoms with Gasteiger partial charge in [-0.1, -0.05) is 34.6 Å². The number of epoxide rings is 1. The molecule has 2 saturated heterocycles. The molecule has 2 unspecified atom stereocenters. The van der Waals surface area contributed by atoms with E-state index in [0.717, 1.165) is 64.7 Å². The van der Waals surface area contributed by atoms with Crippen LogP contribution in [0.25, 0.3) is 0 Å². The van der Waals surface area contributed by atoms with Crippen LogP contribution >= 0.6 is 11.6 Å². The number of rotatable bonds is 6. The molecule has 0 amide bonds. The first kappa shape index (κ1) is 65.9. The Morgan fingerprint density at radius 2 is 1.44 bits per heavy atom. The van der Waals surface area contributed by atoms with E-state index in [9.17, 15) is 4.79 Å². The number of ketones is 1. The van der Waals surface area contributed by atoms with E-state index in [1.807, 2.05) is 45.3 Å². The Bertz CT molecular complexity index is 750. The summed E-state index contributed by atoms with van der Waals surface area (Å²) in [4.78, 5) is 33.9. The van der Waals surface area contributed by atoms with E-state index < -0.39 is 5.97 Å². The van der Waals surface area contributed by atoms with Gasteiger partial charge in [0.05, 0.1) is 24.9 Å². The van der Waals surface area contributed by atoms with E-state index in [4.69, 9.17) is 46.1 Å². The lowest BCUT2D eigenvalue weighted by atomic mass is 10.2. The van der Waals surface area contributed by atoms with Crippen LogP contribution in [0.1, 0.15) is 121 Å². The molecule has 2 fully saturated rings. The number of aromatic nitrogens is 1. The second-order valence-electron chi connectivity index (χ2n) is 9.88. The van der Waals surface area contributed by atoms with Crippen LogP contribution in [0.4, 0.5) is 0 Å². The number of carboxylic acids is 1. The first-order valence-electron chi connectivity index (χ1n) is 17.4. The van der Waals surface area contributed by atoms with Crippen molar-refractivity contribution in [2.24, 2.45) is 0 Å². The number of alkyl halides is 1. The quantitative estimate of drug-likeness (QED) is 0.164. The summed E-state index contributed by atoms with van der Waals surface area (Å²) in [5, 5.41) is 22.3. The maximum Gasteiger partial charge on any atom is 0.300 e. The van der Waals surface area contributed by atoms with Gasteiger partial charge in [-0.05, 0) is 105 Å². The monoisotopic (exact) mass is 740 g/mol. The molecule has 0 aliphatic carbocycles. The van der Waals surface area contributed by atoms with Crippen LogP contribution in [0.15, 0.2) is 24.5 Å². The molecule has 2 atom stereocenters. The van der Waals surface area contributed by atoms with Crippen molar-refractivity contribution in [2.75, 3.05) is 60.1 Å². The fraction of sp³-hybridized carbons (Fsp3) is 0.763. The molecule has 300 valence electrons. The molecule has 0 spiro atoms. The minimum atomic E-state index is -0.833. The van der Waals surface area contributed by atoms with Crippen LogP contribution in [-0.4, -0.2) is 110 Å². The van der Waals surface area contributed by atoms with Gasteiger partial charge in [0.2, 0.25) is 0 Å². The number of aliphatic hydroxyl groups is 1. The molecule has 2 aliphatic rings. The van der Waals surface area contributed by atoms with Gasteiger partial charge in [0.15, 0.2) is 0 Å². The molecule has 12 heteroatoms. The third-order valence-corrected chi connectivity index (χ3v) is 4.66. The lowest BCUT2D eigenvalue weighted by Gasteiger charge is -2.01. The third kappa shape index (κ3) is 139. The van der Waals surface area contributed by atoms with E-state index in [2.05, 4.69) is 56.4 Å². The fourth-order valence-electron chi connectivity index (χ4n) is 2.03. The van der Waals surface area contributed by atoms with Crippen molar-refractivity contribution in [1.29, 1.82) is 5.26 Å². The lowest BCUT2D eigenvalue weighted by Crippen LogP contribution is -2.08. The molecule has 50 heavy (non-hydrogen) atoms. The molecule has 3 rings (SSSR count). The van der Waals surface area contributed by atoms with Crippen molar-refractivity contribution in [1.82, 2.24) is 9.88 Å². The number of halogens is 1. The Morgan fingerprint density at radius 3 is 1.54 bits per heavy atom. The van der Waals surface area contributed by atoms with Gasteiger partial charge in [-0.2, -0.15) is 5.26 Å². The third-order valence-electron chi connectivity index (χ3n) is 4.66. The Balaban J connectivity index is -0.0000000660. The molecule has 2 aliphatic heterocycles. The first-order chi connectivity index (χ1) is 23.6. The average molecular weight is 741 g/mol. The Hall–Kier alpha value is -2.46. The molecule has 11 nitrogen and oxygen atoms in total. The molecule has 0 radical (unpaired) electrons. The highest BCUT2D eigenvalue weighted by Crippen LogP contribution is 2.13. The number of aldehydes is 1. The van der Waals surface area contributed by atoms with Crippen molar-refractivity contribution < 1.29 is 38.8 Å².